The number of benzene rings is 1. The van der Waals surface area contributed by atoms with E-state index in [1.807, 2.05) is 0 Å². The molecule has 6 nitrogen and oxygen atoms in total. The van der Waals surface area contributed by atoms with Gasteiger partial charge in [-0.05, 0) is 24.6 Å². The van der Waals surface area contributed by atoms with Crippen molar-refractivity contribution in [2.24, 2.45) is 0 Å². The van der Waals surface area contributed by atoms with E-state index in [-0.39, 0.29) is 18.2 Å². The maximum absolute atomic E-state index is 12.8. The van der Waals surface area contributed by atoms with Crippen LogP contribution in [0.25, 0.3) is 0 Å². The predicted octanol–water partition coefficient (Wildman–Crippen LogP) is 2.32. The fraction of sp³-hybridized carbons (Fsp3) is 0.286. The number of aliphatic hydroxyl groups excluding tert-OH is 1. The molecule has 0 aliphatic heterocycles. The van der Waals surface area contributed by atoms with Gasteiger partial charge in [0.2, 0.25) is 5.88 Å². The normalized spacial score (nSPS) is 12.0. The fourth-order valence-electron chi connectivity index (χ4n) is 1.76. The number of nitrogens with one attached hydrogen (secondary N) is 1. The fourth-order valence-corrected chi connectivity index (χ4v) is 1.76. The van der Waals surface area contributed by atoms with Crippen LogP contribution in [-0.2, 0) is 0 Å². The second-order valence-corrected chi connectivity index (χ2v) is 4.71. The van der Waals surface area contributed by atoms with Crippen LogP contribution in [0.4, 0.5) is 15.1 Å². The molecule has 2 aromatic rings. The average molecular weight is 293 g/mol. The molecule has 0 aliphatic rings. The molecule has 21 heavy (non-hydrogen) atoms. The molecule has 7 heteroatoms. The lowest BCUT2D eigenvalue weighted by molar-refractivity contribution is 0.136. The van der Waals surface area contributed by atoms with E-state index in [2.05, 4.69) is 10.5 Å². The molecular weight excluding hydrogens is 277 g/mol. The number of anilines is 1. The maximum atomic E-state index is 12.8. The molecule has 2 amide bonds. The van der Waals surface area contributed by atoms with Crippen LogP contribution in [-0.4, -0.2) is 34.8 Å². The lowest BCUT2D eigenvalue weighted by Gasteiger charge is -2.20. The number of halogens is 1. The van der Waals surface area contributed by atoms with E-state index in [1.54, 1.807) is 13.0 Å². The molecule has 0 saturated heterocycles. The summed E-state index contributed by atoms with van der Waals surface area (Å²) in [5, 5.41) is 16.2. The third kappa shape index (κ3) is 4.03. The summed E-state index contributed by atoms with van der Waals surface area (Å²) in [6.45, 7) is 1.80. The van der Waals surface area contributed by atoms with Crippen molar-refractivity contribution >= 4 is 11.9 Å². The third-order valence-electron chi connectivity index (χ3n) is 2.91. The number of hydrogen-bond acceptors (Lipinski definition) is 4. The first kappa shape index (κ1) is 15.0. The second kappa shape index (κ2) is 6.36. The highest BCUT2D eigenvalue weighted by Gasteiger charge is 2.16. The number of rotatable bonds is 4. The van der Waals surface area contributed by atoms with E-state index in [0.29, 0.717) is 11.3 Å². The van der Waals surface area contributed by atoms with Crippen LogP contribution in [0.1, 0.15) is 17.4 Å². The Kier molecular flexibility index (Phi) is 4.54. The number of aromatic nitrogens is 1. The van der Waals surface area contributed by atoms with Gasteiger partial charge in [0.05, 0.1) is 18.3 Å². The molecule has 1 unspecified atom stereocenters. The molecule has 0 radical (unpaired) electrons. The van der Waals surface area contributed by atoms with Gasteiger partial charge in [0.15, 0.2) is 0 Å². The predicted molar refractivity (Wildman–Crippen MR) is 74.2 cm³/mol. The van der Waals surface area contributed by atoms with Crippen molar-refractivity contribution in [3.63, 3.8) is 0 Å². The highest BCUT2D eigenvalue weighted by atomic mass is 19.1. The highest BCUT2D eigenvalue weighted by molar-refractivity contribution is 5.87. The average Bonchev–Trinajstić information content (AvgIpc) is 2.84. The molecular formula is C14H16FN3O3. The summed E-state index contributed by atoms with van der Waals surface area (Å²) in [6.07, 6.45) is -0.905. The standard InChI is InChI=1S/C14H16FN3O3/c1-9-7-13(21-17-9)16-14(20)18(2)8-12(19)10-3-5-11(15)6-4-10/h3-7,12,19H,8H2,1-2H3,(H,16,20). The van der Waals surface area contributed by atoms with Crippen LogP contribution >= 0.6 is 0 Å². The summed E-state index contributed by atoms with van der Waals surface area (Å²) in [6, 6.07) is 6.62. The van der Waals surface area contributed by atoms with Gasteiger partial charge < -0.3 is 14.5 Å². The van der Waals surface area contributed by atoms with Gasteiger partial charge in [0.25, 0.3) is 0 Å². The Labute approximate surface area is 121 Å². The molecule has 0 saturated carbocycles. The number of likely N-dealkylation sites (N-methyl/N-ethyl adjacent to an activating group) is 1. The third-order valence-corrected chi connectivity index (χ3v) is 2.91. The Morgan fingerprint density at radius 2 is 2.14 bits per heavy atom. The maximum Gasteiger partial charge on any atom is 0.324 e. The van der Waals surface area contributed by atoms with Crippen molar-refractivity contribution in [2.45, 2.75) is 13.0 Å². The number of hydrogen-bond donors (Lipinski definition) is 2. The lowest BCUT2D eigenvalue weighted by atomic mass is 10.1. The molecule has 0 aliphatic carbocycles. The molecule has 0 spiro atoms. The van der Waals surface area contributed by atoms with E-state index < -0.39 is 12.1 Å². The van der Waals surface area contributed by atoms with Gasteiger partial charge in [-0.2, -0.15) is 0 Å². The van der Waals surface area contributed by atoms with Crippen LogP contribution in [0.3, 0.4) is 0 Å². The zero-order valence-electron chi connectivity index (χ0n) is 11.7. The molecule has 1 heterocycles. The number of carbonyl (C=O) groups is 1. The molecule has 0 bridgehead atoms. The zero-order valence-corrected chi connectivity index (χ0v) is 11.7. The molecule has 1 aromatic heterocycles. The minimum Gasteiger partial charge on any atom is -0.387 e. The van der Waals surface area contributed by atoms with E-state index in [9.17, 15) is 14.3 Å². The minimum absolute atomic E-state index is 0.0601. The highest BCUT2D eigenvalue weighted by Crippen LogP contribution is 2.15. The Morgan fingerprint density at radius 3 is 2.71 bits per heavy atom. The van der Waals surface area contributed by atoms with Crippen molar-refractivity contribution in [1.82, 2.24) is 10.1 Å². The van der Waals surface area contributed by atoms with Gasteiger partial charge >= 0.3 is 6.03 Å². The Bertz CT molecular complexity index is 612. The van der Waals surface area contributed by atoms with Crippen molar-refractivity contribution in [1.29, 1.82) is 0 Å². The van der Waals surface area contributed by atoms with Gasteiger partial charge in [-0.1, -0.05) is 17.3 Å². The number of urea groups is 1. The van der Waals surface area contributed by atoms with Crippen LogP contribution in [0.5, 0.6) is 0 Å². The van der Waals surface area contributed by atoms with E-state index in [4.69, 9.17) is 4.52 Å². The first-order valence-corrected chi connectivity index (χ1v) is 6.34. The van der Waals surface area contributed by atoms with E-state index >= 15 is 0 Å². The summed E-state index contributed by atoms with van der Waals surface area (Å²) in [7, 11) is 1.53. The molecule has 0 fully saturated rings. The Balaban J connectivity index is 1.92. The summed E-state index contributed by atoms with van der Waals surface area (Å²) in [5.74, 6) is -0.140. The Morgan fingerprint density at radius 1 is 1.48 bits per heavy atom. The van der Waals surface area contributed by atoms with Crippen molar-refractivity contribution in [3.05, 3.63) is 47.4 Å². The number of aliphatic hydroxyl groups is 1. The topological polar surface area (TPSA) is 78.6 Å². The van der Waals surface area contributed by atoms with Crippen LogP contribution < -0.4 is 5.32 Å². The minimum atomic E-state index is -0.905. The summed E-state index contributed by atoms with van der Waals surface area (Å²) in [5.41, 5.74) is 1.19. The number of carbonyl (C=O) groups excluding carboxylic acids is 1. The van der Waals surface area contributed by atoms with Crippen molar-refractivity contribution < 1.29 is 18.8 Å². The Hall–Kier alpha value is -2.41. The molecule has 112 valence electrons. The van der Waals surface area contributed by atoms with Gasteiger partial charge in [-0.25, -0.2) is 9.18 Å². The number of aryl methyl sites for hydroxylation is 1. The van der Waals surface area contributed by atoms with Crippen molar-refractivity contribution in [3.8, 4) is 0 Å². The first-order valence-electron chi connectivity index (χ1n) is 6.34. The largest absolute Gasteiger partial charge is 0.387 e. The summed E-state index contributed by atoms with van der Waals surface area (Å²) >= 11 is 0. The quantitative estimate of drug-likeness (QED) is 0.906. The summed E-state index contributed by atoms with van der Waals surface area (Å²) < 4.78 is 17.7. The molecule has 1 atom stereocenters. The monoisotopic (exact) mass is 293 g/mol. The zero-order chi connectivity index (χ0) is 15.4. The first-order chi connectivity index (χ1) is 9.95. The molecule has 1 aromatic carbocycles. The number of nitrogens with zero attached hydrogens (tertiary/aromatic N) is 2. The van der Waals surface area contributed by atoms with Gasteiger partial charge in [0, 0.05) is 13.1 Å². The molecule has 2 rings (SSSR count). The van der Waals surface area contributed by atoms with E-state index in [0.717, 1.165) is 0 Å². The van der Waals surface area contributed by atoms with E-state index in [1.165, 1.54) is 36.2 Å². The van der Waals surface area contributed by atoms with Crippen LogP contribution in [0.15, 0.2) is 34.9 Å². The van der Waals surface area contributed by atoms with Gasteiger partial charge in [-0.3, -0.25) is 5.32 Å². The van der Waals surface area contributed by atoms with Gasteiger partial charge in [-0.15, -0.1) is 0 Å². The SMILES string of the molecule is Cc1cc(NC(=O)N(C)CC(O)c2ccc(F)cc2)on1. The smallest absolute Gasteiger partial charge is 0.324 e. The second-order valence-electron chi connectivity index (χ2n) is 4.71. The van der Waals surface area contributed by atoms with Crippen molar-refractivity contribution in [2.75, 3.05) is 18.9 Å². The van der Waals surface area contributed by atoms with Crippen LogP contribution in [0.2, 0.25) is 0 Å². The van der Waals surface area contributed by atoms with Gasteiger partial charge in [0.1, 0.15) is 5.82 Å². The van der Waals surface area contributed by atoms with Crippen LogP contribution in [0, 0.1) is 12.7 Å². The lowest BCUT2D eigenvalue weighted by Crippen LogP contribution is -2.34. The molecule has 2 N–H and O–H groups in total. The summed E-state index contributed by atoms with van der Waals surface area (Å²) in [4.78, 5) is 13.2. The number of amides is 2.